The number of amides is 1. The molecule has 152 valence electrons. The van der Waals surface area contributed by atoms with Gasteiger partial charge in [-0.2, -0.15) is 5.10 Å². The highest BCUT2D eigenvalue weighted by molar-refractivity contribution is 6.20. The van der Waals surface area contributed by atoms with Crippen molar-refractivity contribution in [2.75, 3.05) is 17.2 Å². The summed E-state index contributed by atoms with van der Waals surface area (Å²) in [5, 5.41) is 9.68. The number of ether oxygens (including phenoxy) is 2. The minimum atomic E-state index is -1.13. The van der Waals surface area contributed by atoms with Crippen molar-refractivity contribution in [3.05, 3.63) is 54.1 Å². The normalized spacial score (nSPS) is 14.6. The molecule has 3 rings (SSSR count). The number of carbonyl (C=O) groups is 3. The summed E-state index contributed by atoms with van der Waals surface area (Å²) in [5.41, 5.74) is 0.399. The number of rotatable bonds is 7. The maximum absolute atomic E-state index is 12.5. The molecule has 0 aliphatic carbocycles. The van der Waals surface area contributed by atoms with Crippen molar-refractivity contribution in [1.29, 1.82) is 0 Å². The maximum atomic E-state index is 12.5. The first-order valence-corrected chi connectivity index (χ1v) is 9.14. The van der Waals surface area contributed by atoms with E-state index in [2.05, 4.69) is 15.7 Å². The van der Waals surface area contributed by atoms with Crippen LogP contribution in [-0.4, -0.2) is 40.2 Å². The molecule has 9 nitrogen and oxygen atoms in total. The number of nitrogens with one attached hydrogen (secondary N) is 2. The Bertz CT molecular complexity index is 949. The van der Waals surface area contributed by atoms with Crippen LogP contribution in [0.1, 0.15) is 26.8 Å². The van der Waals surface area contributed by atoms with E-state index in [1.807, 2.05) is 19.9 Å². The van der Waals surface area contributed by atoms with Gasteiger partial charge in [0.25, 0.3) is 5.91 Å². The summed E-state index contributed by atoms with van der Waals surface area (Å²) in [6.45, 7) is 5.00. The Balaban J connectivity index is 1.68. The molecule has 0 unspecified atom stereocenters. The first-order chi connectivity index (χ1) is 13.9. The van der Waals surface area contributed by atoms with E-state index in [0.29, 0.717) is 11.5 Å². The summed E-state index contributed by atoms with van der Waals surface area (Å²) >= 11 is 0. The molecule has 1 aliphatic heterocycles. The van der Waals surface area contributed by atoms with E-state index in [1.54, 1.807) is 41.2 Å². The Hall–Kier alpha value is -3.62. The van der Waals surface area contributed by atoms with E-state index in [0.717, 1.165) is 0 Å². The quantitative estimate of drug-likeness (QED) is 0.543. The second-order valence-corrected chi connectivity index (χ2v) is 6.70. The van der Waals surface area contributed by atoms with Crippen LogP contribution in [0, 0.1) is 0 Å². The van der Waals surface area contributed by atoms with E-state index in [1.165, 1.54) is 6.92 Å². The van der Waals surface area contributed by atoms with E-state index in [4.69, 9.17) is 9.47 Å². The molecule has 0 radical (unpaired) electrons. The topological polar surface area (TPSA) is 112 Å². The number of carbonyl (C=O) groups excluding carboxylic acids is 3. The average Bonchev–Trinajstić information content (AvgIpc) is 3.29. The highest BCUT2D eigenvalue weighted by Gasteiger charge is 2.34. The van der Waals surface area contributed by atoms with Crippen LogP contribution in [0.2, 0.25) is 0 Å². The van der Waals surface area contributed by atoms with Gasteiger partial charge in [0.15, 0.2) is 18.3 Å². The maximum Gasteiger partial charge on any atom is 0.348 e. The van der Waals surface area contributed by atoms with Gasteiger partial charge in [-0.1, -0.05) is 18.2 Å². The summed E-state index contributed by atoms with van der Waals surface area (Å²) in [7, 11) is 0. The van der Waals surface area contributed by atoms with Gasteiger partial charge in [-0.25, -0.2) is 9.48 Å². The number of hydrogen-bond acceptors (Lipinski definition) is 7. The van der Waals surface area contributed by atoms with Crippen molar-refractivity contribution in [1.82, 2.24) is 9.78 Å². The Kier molecular flexibility index (Phi) is 5.96. The Morgan fingerprint density at radius 3 is 2.59 bits per heavy atom. The van der Waals surface area contributed by atoms with Crippen LogP contribution in [0.3, 0.4) is 0 Å². The predicted molar refractivity (Wildman–Crippen MR) is 105 cm³/mol. The lowest BCUT2D eigenvalue weighted by Crippen LogP contribution is -2.32. The minimum Gasteiger partial charge on any atom is -0.470 e. The van der Waals surface area contributed by atoms with Gasteiger partial charge in [0.2, 0.25) is 11.7 Å². The standard InChI is InChI=1S/C20H22N4O5/c1-12(2)24-16(9-10-21-24)23-18(26)13(3)29-20(27)17-15(25)11-28-19(17)22-14-7-5-4-6-8-14/h4-10,12-13,22H,11H2,1-3H3,(H,23,26)/t13-/m0/s1. The van der Waals surface area contributed by atoms with Gasteiger partial charge in [0, 0.05) is 17.8 Å². The molecule has 1 atom stereocenters. The lowest BCUT2D eigenvalue weighted by molar-refractivity contribution is -0.150. The summed E-state index contributed by atoms with van der Waals surface area (Å²) in [4.78, 5) is 37.1. The van der Waals surface area contributed by atoms with Crippen LogP contribution in [0.25, 0.3) is 0 Å². The number of benzene rings is 1. The summed E-state index contributed by atoms with van der Waals surface area (Å²) < 4.78 is 12.1. The van der Waals surface area contributed by atoms with Crippen LogP contribution in [0.15, 0.2) is 54.1 Å². The van der Waals surface area contributed by atoms with Gasteiger partial charge in [0.05, 0.1) is 6.20 Å². The van der Waals surface area contributed by atoms with E-state index >= 15 is 0 Å². The number of hydrogen-bond donors (Lipinski definition) is 2. The molecule has 29 heavy (non-hydrogen) atoms. The van der Waals surface area contributed by atoms with Crippen LogP contribution >= 0.6 is 0 Å². The molecule has 2 N–H and O–H groups in total. The highest BCUT2D eigenvalue weighted by Crippen LogP contribution is 2.21. The van der Waals surface area contributed by atoms with Gasteiger partial charge in [-0.15, -0.1) is 0 Å². The van der Waals surface area contributed by atoms with Crippen molar-refractivity contribution < 1.29 is 23.9 Å². The van der Waals surface area contributed by atoms with Gasteiger partial charge in [-0.3, -0.25) is 9.59 Å². The molecular formula is C20H22N4O5. The second kappa shape index (κ2) is 8.59. The van der Waals surface area contributed by atoms with Crippen molar-refractivity contribution in [2.45, 2.75) is 32.9 Å². The molecule has 0 spiro atoms. The largest absolute Gasteiger partial charge is 0.470 e. The third kappa shape index (κ3) is 4.63. The van der Waals surface area contributed by atoms with Gasteiger partial charge in [0.1, 0.15) is 5.82 Å². The molecule has 0 fully saturated rings. The van der Waals surface area contributed by atoms with Gasteiger partial charge >= 0.3 is 5.97 Å². The monoisotopic (exact) mass is 398 g/mol. The molecule has 0 saturated carbocycles. The average molecular weight is 398 g/mol. The zero-order valence-electron chi connectivity index (χ0n) is 16.3. The Morgan fingerprint density at radius 2 is 1.90 bits per heavy atom. The van der Waals surface area contributed by atoms with Crippen LogP contribution in [-0.2, 0) is 23.9 Å². The fourth-order valence-electron chi connectivity index (χ4n) is 2.69. The number of Topliss-reactive ketones (excluding diaryl/α,β-unsaturated/α-hetero) is 1. The molecular weight excluding hydrogens is 376 g/mol. The zero-order chi connectivity index (χ0) is 21.0. The smallest absolute Gasteiger partial charge is 0.348 e. The van der Waals surface area contributed by atoms with Gasteiger partial charge in [-0.05, 0) is 32.9 Å². The summed E-state index contributed by atoms with van der Waals surface area (Å²) in [5.74, 6) is -1.48. The molecule has 1 aliphatic rings. The SMILES string of the molecule is CC(C)n1nccc1NC(=O)[C@H](C)OC(=O)C1=C(Nc2ccccc2)OCC1=O. The number of nitrogens with zero attached hydrogens (tertiary/aromatic N) is 2. The Morgan fingerprint density at radius 1 is 1.17 bits per heavy atom. The molecule has 1 aromatic carbocycles. The number of aromatic nitrogens is 2. The first kappa shape index (κ1) is 20.1. The molecule has 0 bridgehead atoms. The molecule has 1 aromatic heterocycles. The van der Waals surface area contributed by atoms with Crippen LogP contribution < -0.4 is 10.6 Å². The third-order valence-corrected chi connectivity index (χ3v) is 4.15. The molecule has 1 amide bonds. The van der Waals surface area contributed by atoms with Crippen LogP contribution in [0.4, 0.5) is 11.5 Å². The van der Waals surface area contributed by atoms with Crippen molar-refractivity contribution in [3.8, 4) is 0 Å². The Labute approximate surface area is 167 Å². The summed E-state index contributed by atoms with van der Waals surface area (Å²) in [6, 6.07) is 10.6. The number of para-hydroxylation sites is 1. The molecule has 9 heteroatoms. The lowest BCUT2D eigenvalue weighted by Gasteiger charge is -2.16. The first-order valence-electron chi connectivity index (χ1n) is 9.14. The third-order valence-electron chi connectivity index (χ3n) is 4.15. The minimum absolute atomic E-state index is 0.0108. The number of esters is 1. The molecule has 2 heterocycles. The van der Waals surface area contributed by atoms with Gasteiger partial charge < -0.3 is 20.1 Å². The van der Waals surface area contributed by atoms with E-state index in [9.17, 15) is 14.4 Å². The van der Waals surface area contributed by atoms with E-state index < -0.39 is 23.8 Å². The highest BCUT2D eigenvalue weighted by atomic mass is 16.6. The fourth-order valence-corrected chi connectivity index (χ4v) is 2.69. The van der Waals surface area contributed by atoms with Crippen molar-refractivity contribution in [3.63, 3.8) is 0 Å². The summed E-state index contributed by atoms with van der Waals surface area (Å²) in [6.07, 6.45) is 0.435. The lowest BCUT2D eigenvalue weighted by atomic mass is 10.2. The zero-order valence-corrected chi connectivity index (χ0v) is 16.3. The molecule has 2 aromatic rings. The molecule has 0 saturated heterocycles. The fraction of sp³-hybridized carbons (Fsp3) is 0.300. The van der Waals surface area contributed by atoms with Crippen molar-refractivity contribution >= 4 is 29.2 Å². The second-order valence-electron chi connectivity index (χ2n) is 6.70. The van der Waals surface area contributed by atoms with E-state index in [-0.39, 0.29) is 24.1 Å². The van der Waals surface area contributed by atoms with Crippen LogP contribution in [0.5, 0.6) is 0 Å². The number of ketones is 1. The number of anilines is 2. The van der Waals surface area contributed by atoms with Crippen molar-refractivity contribution in [2.24, 2.45) is 0 Å². The predicted octanol–water partition coefficient (Wildman–Crippen LogP) is 2.26.